The molecule has 98 valence electrons. The molecule has 2 aliphatic rings. The SMILES string of the molecule is Cc1ccc(C(CN)CC2CC3CCC2C3)cc1. The molecule has 3 rings (SSSR count). The zero-order valence-electron chi connectivity index (χ0n) is 11.4. The molecule has 4 atom stereocenters. The van der Waals surface area contributed by atoms with E-state index in [-0.39, 0.29) is 0 Å². The van der Waals surface area contributed by atoms with Gasteiger partial charge in [0.2, 0.25) is 0 Å². The summed E-state index contributed by atoms with van der Waals surface area (Å²) in [6, 6.07) is 9.00. The molecule has 0 aliphatic heterocycles. The normalized spacial score (nSPS) is 31.8. The minimum Gasteiger partial charge on any atom is -0.330 e. The van der Waals surface area contributed by atoms with Gasteiger partial charge in [0, 0.05) is 0 Å². The molecule has 0 radical (unpaired) electrons. The number of fused-ring (bicyclic) bond motifs is 2. The molecule has 1 heteroatoms. The molecule has 4 unspecified atom stereocenters. The van der Waals surface area contributed by atoms with Crippen LogP contribution >= 0.6 is 0 Å². The predicted molar refractivity (Wildman–Crippen MR) is 76.5 cm³/mol. The van der Waals surface area contributed by atoms with Gasteiger partial charge in [0.15, 0.2) is 0 Å². The highest BCUT2D eigenvalue weighted by Crippen LogP contribution is 2.51. The number of hydrogen-bond acceptors (Lipinski definition) is 1. The summed E-state index contributed by atoms with van der Waals surface area (Å²) in [6.07, 6.45) is 7.29. The molecule has 18 heavy (non-hydrogen) atoms. The van der Waals surface area contributed by atoms with Crippen molar-refractivity contribution in [2.24, 2.45) is 23.5 Å². The largest absolute Gasteiger partial charge is 0.330 e. The van der Waals surface area contributed by atoms with Gasteiger partial charge >= 0.3 is 0 Å². The van der Waals surface area contributed by atoms with Crippen molar-refractivity contribution in [1.29, 1.82) is 0 Å². The zero-order valence-corrected chi connectivity index (χ0v) is 11.4. The molecule has 0 aromatic heterocycles. The first-order valence-corrected chi connectivity index (χ1v) is 7.53. The highest BCUT2D eigenvalue weighted by atomic mass is 14.6. The summed E-state index contributed by atoms with van der Waals surface area (Å²) in [6.45, 7) is 2.95. The van der Waals surface area contributed by atoms with Gasteiger partial charge in [0.05, 0.1) is 0 Å². The summed E-state index contributed by atoms with van der Waals surface area (Å²) in [5, 5.41) is 0. The Balaban J connectivity index is 1.67. The van der Waals surface area contributed by atoms with Gasteiger partial charge < -0.3 is 5.73 Å². The molecular weight excluding hydrogens is 218 g/mol. The minimum absolute atomic E-state index is 0.579. The molecule has 2 fully saturated rings. The van der Waals surface area contributed by atoms with Gasteiger partial charge in [-0.15, -0.1) is 0 Å². The summed E-state index contributed by atoms with van der Waals surface area (Å²) >= 11 is 0. The number of benzene rings is 1. The van der Waals surface area contributed by atoms with Crippen molar-refractivity contribution in [2.45, 2.75) is 44.9 Å². The Hall–Kier alpha value is -0.820. The van der Waals surface area contributed by atoms with E-state index in [4.69, 9.17) is 5.73 Å². The van der Waals surface area contributed by atoms with Crippen LogP contribution in [0.15, 0.2) is 24.3 Å². The van der Waals surface area contributed by atoms with Crippen molar-refractivity contribution in [3.05, 3.63) is 35.4 Å². The third-order valence-corrected chi connectivity index (χ3v) is 5.31. The average molecular weight is 243 g/mol. The quantitative estimate of drug-likeness (QED) is 0.853. The summed E-state index contributed by atoms with van der Waals surface area (Å²) in [5.41, 5.74) is 8.81. The van der Waals surface area contributed by atoms with Gasteiger partial charge in [-0.3, -0.25) is 0 Å². The predicted octanol–water partition coefficient (Wildman–Crippen LogP) is 3.86. The smallest absolute Gasteiger partial charge is 0.000813 e. The van der Waals surface area contributed by atoms with Crippen molar-refractivity contribution in [3.8, 4) is 0 Å². The van der Waals surface area contributed by atoms with E-state index in [2.05, 4.69) is 31.2 Å². The van der Waals surface area contributed by atoms with Gasteiger partial charge in [0.25, 0.3) is 0 Å². The lowest BCUT2D eigenvalue weighted by atomic mass is 9.80. The minimum atomic E-state index is 0.579. The first kappa shape index (κ1) is 12.2. The van der Waals surface area contributed by atoms with Crippen molar-refractivity contribution in [3.63, 3.8) is 0 Å². The van der Waals surface area contributed by atoms with Crippen LogP contribution in [0.1, 0.15) is 49.1 Å². The summed E-state index contributed by atoms with van der Waals surface area (Å²) < 4.78 is 0. The summed E-state index contributed by atoms with van der Waals surface area (Å²) in [7, 11) is 0. The van der Waals surface area contributed by atoms with E-state index in [9.17, 15) is 0 Å². The molecule has 0 heterocycles. The Morgan fingerprint density at radius 3 is 2.50 bits per heavy atom. The maximum Gasteiger partial charge on any atom is -0.000813 e. The third kappa shape index (κ3) is 2.33. The molecule has 0 saturated heterocycles. The van der Waals surface area contributed by atoms with Crippen LogP contribution in [0.25, 0.3) is 0 Å². The maximum atomic E-state index is 6.02. The lowest BCUT2D eigenvalue weighted by Crippen LogP contribution is -2.19. The monoisotopic (exact) mass is 243 g/mol. The highest BCUT2D eigenvalue weighted by Gasteiger charge is 2.39. The molecule has 1 aromatic rings. The van der Waals surface area contributed by atoms with Crippen molar-refractivity contribution >= 4 is 0 Å². The van der Waals surface area contributed by atoms with Crippen LogP contribution in [0.4, 0.5) is 0 Å². The van der Waals surface area contributed by atoms with Crippen LogP contribution in [-0.4, -0.2) is 6.54 Å². The number of aryl methyl sites for hydroxylation is 1. The van der Waals surface area contributed by atoms with Crippen molar-refractivity contribution < 1.29 is 0 Å². The van der Waals surface area contributed by atoms with E-state index < -0.39 is 0 Å². The number of hydrogen-bond donors (Lipinski definition) is 1. The molecule has 1 nitrogen and oxygen atoms in total. The number of nitrogens with two attached hydrogens (primary N) is 1. The van der Waals surface area contributed by atoms with Crippen LogP contribution in [0, 0.1) is 24.7 Å². The Bertz CT molecular complexity index is 395. The fraction of sp³-hybridized carbons (Fsp3) is 0.647. The van der Waals surface area contributed by atoms with E-state index in [1.54, 1.807) is 0 Å². The van der Waals surface area contributed by atoms with E-state index in [0.29, 0.717) is 5.92 Å². The fourth-order valence-corrected chi connectivity index (χ4v) is 4.24. The number of rotatable bonds is 4. The highest BCUT2D eigenvalue weighted by molar-refractivity contribution is 5.25. The fourth-order valence-electron chi connectivity index (χ4n) is 4.24. The van der Waals surface area contributed by atoms with Gasteiger partial charge in [-0.25, -0.2) is 0 Å². The van der Waals surface area contributed by atoms with E-state index in [1.807, 2.05) is 0 Å². The molecule has 0 spiro atoms. The van der Waals surface area contributed by atoms with Gasteiger partial charge in [-0.2, -0.15) is 0 Å². The zero-order chi connectivity index (χ0) is 12.5. The van der Waals surface area contributed by atoms with E-state index >= 15 is 0 Å². The topological polar surface area (TPSA) is 26.0 Å². The van der Waals surface area contributed by atoms with Crippen LogP contribution in [0.2, 0.25) is 0 Å². The lowest BCUT2D eigenvalue weighted by molar-refractivity contribution is 0.296. The second-order valence-corrected chi connectivity index (χ2v) is 6.51. The summed E-state index contributed by atoms with van der Waals surface area (Å²) in [5.74, 6) is 3.61. The van der Waals surface area contributed by atoms with Crippen LogP contribution in [0.5, 0.6) is 0 Å². The molecule has 2 aliphatic carbocycles. The Labute approximate surface area is 111 Å². The average Bonchev–Trinajstić information content (AvgIpc) is 2.99. The van der Waals surface area contributed by atoms with Gasteiger partial charge in [-0.1, -0.05) is 36.2 Å². The Morgan fingerprint density at radius 2 is 1.94 bits per heavy atom. The summed E-state index contributed by atoms with van der Waals surface area (Å²) in [4.78, 5) is 0. The van der Waals surface area contributed by atoms with Crippen LogP contribution in [-0.2, 0) is 0 Å². The van der Waals surface area contributed by atoms with E-state index in [1.165, 1.54) is 43.2 Å². The van der Waals surface area contributed by atoms with Crippen LogP contribution in [0.3, 0.4) is 0 Å². The molecule has 0 amide bonds. The van der Waals surface area contributed by atoms with Crippen molar-refractivity contribution in [1.82, 2.24) is 0 Å². The third-order valence-electron chi connectivity index (χ3n) is 5.31. The lowest BCUT2D eigenvalue weighted by Gasteiger charge is -2.26. The first-order chi connectivity index (χ1) is 8.76. The second-order valence-electron chi connectivity index (χ2n) is 6.51. The first-order valence-electron chi connectivity index (χ1n) is 7.53. The molecular formula is C17H25N. The second kappa shape index (κ2) is 5.05. The van der Waals surface area contributed by atoms with Gasteiger partial charge in [0.1, 0.15) is 0 Å². The van der Waals surface area contributed by atoms with Crippen LogP contribution < -0.4 is 5.73 Å². The van der Waals surface area contributed by atoms with Crippen molar-refractivity contribution in [2.75, 3.05) is 6.54 Å². The molecule has 2 bridgehead atoms. The standard InChI is InChI=1S/C17H25N/c1-12-2-5-14(6-3-12)17(11-18)10-16-9-13-4-7-15(16)8-13/h2-3,5-6,13,15-17H,4,7-11,18H2,1H3. The molecule has 1 aromatic carbocycles. The Kier molecular flexibility index (Phi) is 3.43. The van der Waals surface area contributed by atoms with Gasteiger partial charge in [-0.05, 0) is 68.4 Å². The van der Waals surface area contributed by atoms with E-state index in [0.717, 1.165) is 24.3 Å². The maximum absolute atomic E-state index is 6.02. The Morgan fingerprint density at radius 1 is 1.17 bits per heavy atom. The molecule has 2 N–H and O–H groups in total. The molecule has 2 saturated carbocycles.